The van der Waals surface area contributed by atoms with Crippen molar-refractivity contribution < 1.29 is 9.53 Å². The largest absolute Gasteiger partial charge is 0.467 e. The van der Waals surface area contributed by atoms with Crippen LogP contribution in [0.2, 0.25) is 0 Å². The van der Waals surface area contributed by atoms with Gasteiger partial charge in [-0.2, -0.15) is 4.98 Å². The fourth-order valence-electron chi connectivity index (χ4n) is 1.32. The monoisotopic (exact) mass is 281 g/mol. The van der Waals surface area contributed by atoms with E-state index >= 15 is 0 Å². The van der Waals surface area contributed by atoms with Crippen molar-refractivity contribution in [1.82, 2.24) is 15.0 Å². The molecule has 2 heterocycles. The van der Waals surface area contributed by atoms with Crippen LogP contribution in [0.25, 0.3) is 11.0 Å². The first-order valence-electron chi connectivity index (χ1n) is 4.51. The van der Waals surface area contributed by atoms with Gasteiger partial charge in [0.1, 0.15) is 11.0 Å². The molecule has 0 aliphatic heterocycles. The van der Waals surface area contributed by atoms with E-state index in [0.717, 1.165) is 0 Å². The molecular formula is C10H8BrN3O2. The lowest BCUT2D eigenvalue weighted by molar-refractivity contribution is 0.102. The van der Waals surface area contributed by atoms with Crippen LogP contribution in [0.4, 0.5) is 0 Å². The zero-order valence-corrected chi connectivity index (χ0v) is 10.1. The summed E-state index contributed by atoms with van der Waals surface area (Å²) in [5.41, 5.74) is 1.61. The molecule has 0 atom stereocenters. The van der Waals surface area contributed by atoms with Gasteiger partial charge in [-0.05, 0) is 6.07 Å². The molecule has 0 aromatic carbocycles. The molecule has 0 radical (unpaired) electrons. The number of carbonyl (C=O) groups excluding carboxylic acids is 1. The second-order valence-corrected chi connectivity index (χ2v) is 3.57. The Morgan fingerprint density at radius 1 is 1.50 bits per heavy atom. The molecule has 0 amide bonds. The van der Waals surface area contributed by atoms with E-state index in [0.29, 0.717) is 16.6 Å². The number of nitrogens with zero attached hydrogens (tertiary/aromatic N) is 3. The molecule has 6 heteroatoms. The number of alkyl halides is 1. The van der Waals surface area contributed by atoms with Gasteiger partial charge >= 0.3 is 6.01 Å². The Balaban J connectivity index is 2.68. The van der Waals surface area contributed by atoms with Gasteiger partial charge in [0.25, 0.3) is 0 Å². The number of pyridine rings is 1. The molecule has 0 aliphatic carbocycles. The van der Waals surface area contributed by atoms with Crippen molar-refractivity contribution in [1.29, 1.82) is 0 Å². The number of rotatable bonds is 3. The van der Waals surface area contributed by atoms with Gasteiger partial charge in [-0.3, -0.25) is 9.78 Å². The van der Waals surface area contributed by atoms with Crippen LogP contribution in [-0.2, 0) is 0 Å². The number of methoxy groups -OCH3 is 1. The summed E-state index contributed by atoms with van der Waals surface area (Å²) >= 11 is 3.13. The van der Waals surface area contributed by atoms with Crippen molar-refractivity contribution in [2.24, 2.45) is 0 Å². The van der Waals surface area contributed by atoms with E-state index in [1.165, 1.54) is 13.3 Å². The Hall–Kier alpha value is -1.56. The fourth-order valence-corrected chi connectivity index (χ4v) is 1.62. The number of aromatic nitrogens is 3. The molecule has 0 aliphatic rings. The smallest absolute Gasteiger partial charge is 0.316 e. The number of halogens is 1. The number of fused-ring (bicyclic) bond motifs is 1. The average molecular weight is 282 g/mol. The number of hydrogen-bond acceptors (Lipinski definition) is 5. The Morgan fingerprint density at radius 2 is 2.31 bits per heavy atom. The van der Waals surface area contributed by atoms with E-state index in [2.05, 4.69) is 30.9 Å². The van der Waals surface area contributed by atoms with Crippen LogP contribution in [0.1, 0.15) is 10.4 Å². The van der Waals surface area contributed by atoms with Gasteiger partial charge in [0.2, 0.25) is 0 Å². The third-order valence-corrected chi connectivity index (χ3v) is 2.57. The molecule has 2 aromatic heterocycles. The third kappa shape index (κ3) is 1.88. The van der Waals surface area contributed by atoms with Crippen LogP contribution in [0.15, 0.2) is 18.5 Å². The second kappa shape index (κ2) is 4.52. The van der Waals surface area contributed by atoms with Crippen molar-refractivity contribution in [3.05, 3.63) is 24.0 Å². The molecule has 0 bridgehead atoms. The summed E-state index contributed by atoms with van der Waals surface area (Å²) < 4.78 is 4.92. The van der Waals surface area contributed by atoms with Gasteiger partial charge in [-0.25, -0.2) is 4.98 Å². The zero-order valence-electron chi connectivity index (χ0n) is 8.48. The maximum Gasteiger partial charge on any atom is 0.316 e. The van der Waals surface area contributed by atoms with E-state index < -0.39 is 0 Å². The quantitative estimate of drug-likeness (QED) is 0.632. The lowest BCUT2D eigenvalue weighted by Crippen LogP contribution is -2.04. The highest BCUT2D eigenvalue weighted by atomic mass is 79.9. The van der Waals surface area contributed by atoms with E-state index in [1.54, 1.807) is 12.3 Å². The molecule has 0 fully saturated rings. The van der Waals surface area contributed by atoms with Crippen LogP contribution in [0.5, 0.6) is 6.01 Å². The van der Waals surface area contributed by atoms with Crippen molar-refractivity contribution in [3.63, 3.8) is 0 Å². The van der Waals surface area contributed by atoms with Crippen LogP contribution in [0, 0.1) is 0 Å². The Morgan fingerprint density at radius 3 is 3.00 bits per heavy atom. The molecule has 2 aromatic rings. The highest BCUT2D eigenvalue weighted by Crippen LogP contribution is 2.17. The molecule has 5 nitrogen and oxygen atoms in total. The minimum atomic E-state index is -0.0480. The number of hydrogen-bond donors (Lipinski definition) is 0. The average Bonchev–Trinajstić information content (AvgIpc) is 2.36. The SMILES string of the molecule is COc1ncc2nccc(C(=O)CBr)c2n1. The summed E-state index contributed by atoms with van der Waals surface area (Å²) in [4.78, 5) is 23.8. The number of ketones is 1. The summed E-state index contributed by atoms with van der Waals surface area (Å²) in [6.07, 6.45) is 3.10. The van der Waals surface area contributed by atoms with Gasteiger partial charge in [-0.1, -0.05) is 15.9 Å². The molecule has 0 spiro atoms. The molecule has 82 valence electrons. The number of ether oxygens (including phenoxy) is 1. The third-order valence-electron chi connectivity index (χ3n) is 2.06. The van der Waals surface area contributed by atoms with E-state index in [1.807, 2.05) is 0 Å². The second-order valence-electron chi connectivity index (χ2n) is 3.01. The van der Waals surface area contributed by atoms with Gasteiger partial charge in [0.15, 0.2) is 5.78 Å². The van der Waals surface area contributed by atoms with Crippen LogP contribution < -0.4 is 4.74 Å². The molecule has 0 saturated carbocycles. The molecule has 0 unspecified atom stereocenters. The van der Waals surface area contributed by atoms with Gasteiger partial charge < -0.3 is 4.74 Å². The Kier molecular flexibility index (Phi) is 3.09. The molecule has 0 N–H and O–H groups in total. The normalized spacial score (nSPS) is 10.4. The lowest BCUT2D eigenvalue weighted by atomic mass is 10.1. The first-order valence-corrected chi connectivity index (χ1v) is 5.63. The minimum absolute atomic E-state index is 0.0480. The molecule has 2 rings (SSSR count). The Bertz CT molecular complexity index is 545. The highest BCUT2D eigenvalue weighted by Gasteiger charge is 2.11. The number of Topliss-reactive ketones (excluding diaryl/α,β-unsaturated/α-hetero) is 1. The van der Waals surface area contributed by atoms with Gasteiger partial charge in [0, 0.05) is 11.8 Å². The fraction of sp³-hybridized carbons (Fsp3) is 0.200. The maximum atomic E-state index is 11.7. The van der Waals surface area contributed by atoms with Gasteiger partial charge in [-0.15, -0.1) is 0 Å². The van der Waals surface area contributed by atoms with Crippen molar-refractivity contribution in [3.8, 4) is 6.01 Å². The van der Waals surface area contributed by atoms with Crippen LogP contribution >= 0.6 is 15.9 Å². The lowest BCUT2D eigenvalue weighted by Gasteiger charge is -2.03. The van der Waals surface area contributed by atoms with Crippen molar-refractivity contribution in [2.45, 2.75) is 0 Å². The van der Waals surface area contributed by atoms with Crippen LogP contribution in [-0.4, -0.2) is 33.2 Å². The van der Waals surface area contributed by atoms with E-state index in [4.69, 9.17) is 4.74 Å². The van der Waals surface area contributed by atoms with Gasteiger partial charge in [0.05, 0.1) is 18.6 Å². The maximum absolute atomic E-state index is 11.7. The summed E-state index contributed by atoms with van der Waals surface area (Å²) in [5, 5.41) is 0.248. The zero-order chi connectivity index (χ0) is 11.5. The highest BCUT2D eigenvalue weighted by molar-refractivity contribution is 9.09. The standard InChI is InChI=1S/C10H8BrN3O2/c1-16-10-13-5-7-9(14-10)6(2-3-12-7)8(15)4-11/h2-3,5H,4H2,1H3. The Labute approximate surface area is 100 Å². The molecule has 0 saturated heterocycles. The predicted molar refractivity (Wildman–Crippen MR) is 62.0 cm³/mol. The van der Waals surface area contributed by atoms with Crippen LogP contribution in [0.3, 0.4) is 0 Å². The molecular weight excluding hydrogens is 274 g/mol. The minimum Gasteiger partial charge on any atom is -0.467 e. The van der Waals surface area contributed by atoms with Crippen molar-refractivity contribution in [2.75, 3.05) is 12.4 Å². The first-order chi connectivity index (χ1) is 7.76. The van der Waals surface area contributed by atoms with E-state index in [9.17, 15) is 4.79 Å². The topological polar surface area (TPSA) is 65.0 Å². The summed E-state index contributed by atoms with van der Waals surface area (Å²) in [6, 6.07) is 1.86. The summed E-state index contributed by atoms with van der Waals surface area (Å²) in [7, 11) is 1.48. The molecule has 16 heavy (non-hydrogen) atoms. The number of carbonyl (C=O) groups is 1. The first kappa shape index (κ1) is 10.9. The van der Waals surface area contributed by atoms with E-state index in [-0.39, 0.29) is 17.1 Å². The summed E-state index contributed by atoms with van der Waals surface area (Å²) in [5.74, 6) is -0.0480. The predicted octanol–water partition coefficient (Wildman–Crippen LogP) is 1.61. The van der Waals surface area contributed by atoms with Crippen molar-refractivity contribution >= 4 is 32.7 Å². The summed E-state index contributed by atoms with van der Waals surface area (Å²) in [6.45, 7) is 0.